The van der Waals surface area contributed by atoms with E-state index >= 15 is 0 Å². The maximum absolute atomic E-state index is 9.24. The van der Waals surface area contributed by atoms with Crippen LogP contribution in [0, 0.1) is 5.92 Å². The van der Waals surface area contributed by atoms with E-state index in [-0.39, 0.29) is 18.6 Å². The third-order valence-electron chi connectivity index (χ3n) is 1.58. The normalized spacial score (nSPS) is 16.9. The van der Waals surface area contributed by atoms with Crippen LogP contribution in [-0.2, 0) is 4.74 Å². The summed E-state index contributed by atoms with van der Waals surface area (Å²) in [6, 6.07) is 0. The van der Waals surface area contributed by atoms with Crippen molar-refractivity contribution in [3.05, 3.63) is 0 Å². The van der Waals surface area contributed by atoms with Crippen molar-refractivity contribution >= 4 is 0 Å². The molecule has 0 rings (SSSR count). The van der Waals surface area contributed by atoms with Crippen LogP contribution >= 0.6 is 0 Å². The SMILES string of the molecule is CCOC(C(C)C)[C@@H](O)CO. The highest BCUT2D eigenvalue weighted by molar-refractivity contribution is 4.70. The summed E-state index contributed by atoms with van der Waals surface area (Å²) in [7, 11) is 0. The summed E-state index contributed by atoms with van der Waals surface area (Å²) in [4.78, 5) is 0. The van der Waals surface area contributed by atoms with E-state index < -0.39 is 6.10 Å². The zero-order chi connectivity index (χ0) is 8.85. The molecule has 0 radical (unpaired) electrons. The lowest BCUT2D eigenvalue weighted by molar-refractivity contribution is -0.0749. The van der Waals surface area contributed by atoms with Gasteiger partial charge in [0, 0.05) is 6.61 Å². The summed E-state index contributed by atoms with van der Waals surface area (Å²) < 4.78 is 5.25. The van der Waals surface area contributed by atoms with Gasteiger partial charge >= 0.3 is 0 Å². The Bertz CT molecular complexity index is 93.3. The van der Waals surface area contributed by atoms with Gasteiger partial charge in [0.2, 0.25) is 0 Å². The first-order valence-corrected chi connectivity index (χ1v) is 4.04. The Hall–Kier alpha value is -0.120. The maximum Gasteiger partial charge on any atom is 0.103 e. The molecular formula is C8H18O3. The molecule has 0 heterocycles. The fourth-order valence-corrected chi connectivity index (χ4v) is 1.04. The summed E-state index contributed by atoms with van der Waals surface area (Å²) in [5.41, 5.74) is 0. The van der Waals surface area contributed by atoms with Crippen LogP contribution in [0.5, 0.6) is 0 Å². The molecule has 0 fully saturated rings. The van der Waals surface area contributed by atoms with Crippen molar-refractivity contribution in [2.45, 2.75) is 33.0 Å². The fourth-order valence-electron chi connectivity index (χ4n) is 1.04. The summed E-state index contributed by atoms with van der Waals surface area (Å²) in [6.07, 6.45) is -1.00. The number of rotatable bonds is 5. The first-order chi connectivity index (χ1) is 5.13. The molecule has 0 saturated carbocycles. The molecule has 0 saturated heterocycles. The molecular weight excluding hydrogens is 144 g/mol. The molecule has 3 heteroatoms. The molecule has 0 aromatic carbocycles. The molecule has 68 valence electrons. The molecule has 0 spiro atoms. The van der Waals surface area contributed by atoms with Crippen LogP contribution in [0.25, 0.3) is 0 Å². The minimum Gasteiger partial charge on any atom is -0.394 e. The Morgan fingerprint density at radius 1 is 1.36 bits per heavy atom. The highest BCUT2D eigenvalue weighted by Crippen LogP contribution is 2.10. The smallest absolute Gasteiger partial charge is 0.103 e. The summed E-state index contributed by atoms with van der Waals surface area (Å²) >= 11 is 0. The lowest BCUT2D eigenvalue weighted by Gasteiger charge is -2.24. The second-order valence-electron chi connectivity index (χ2n) is 2.91. The molecule has 0 aliphatic rings. The van der Waals surface area contributed by atoms with E-state index in [0.29, 0.717) is 6.61 Å². The Balaban J connectivity index is 3.87. The molecule has 11 heavy (non-hydrogen) atoms. The predicted octanol–water partition coefficient (Wildman–Crippen LogP) is 0.401. The first-order valence-electron chi connectivity index (χ1n) is 4.04. The Morgan fingerprint density at radius 3 is 2.18 bits per heavy atom. The largest absolute Gasteiger partial charge is 0.394 e. The van der Waals surface area contributed by atoms with E-state index in [9.17, 15) is 5.11 Å². The summed E-state index contributed by atoms with van der Waals surface area (Å²) in [5, 5.41) is 17.9. The number of hydrogen-bond acceptors (Lipinski definition) is 3. The Kier molecular flexibility index (Phi) is 5.46. The van der Waals surface area contributed by atoms with Gasteiger partial charge in [0.1, 0.15) is 6.10 Å². The van der Waals surface area contributed by atoms with E-state index in [0.717, 1.165) is 0 Å². The van der Waals surface area contributed by atoms with Crippen molar-refractivity contribution in [1.29, 1.82) is 0 Å². The van der Waals surface area contributed by atoms with Gasteiger partial charge in [0.05, 0.1) is 12.7 Å². The van der Waals surface area contributed by atoms with E-state index in [4.69, 9.17) is 9.84 Å². The zero-order valence-electron chi connectivity index (χ0n) is 7.45. The van der Waals surface area contributed by atoms with Crippen LogP contribution < -0.4 is 0 Å². The van der Waals surface area contributed by atoms with E-state index in [1.807, 2.05) is 20.8 Å². The van der Waals surface area contributed by atoms with Gasteiger partial charge in [-0.25, -0.2) is 0 Å². The topological polar surface area (TPSA) is 49.7 Å². The first kappa shape index (κ1) is 10.9. The van der Waals surface area contributed by atoms with E-state index in [1.54, 1.807) is 0 Å². The van der Waals surface area contributed by atoms with Crippen molar-refractivity contribution in [2.75, 3.05) is 13.2 Å². The molecule has 1 unspecified atom stereocenters. The fraction of sp³-hybridized carbons (Fsp3) is 1.00. The molecule has 2 atom stereocenters. The summed E-state index contributed by atoms with van der Waals surface area (Å²) in [6.45, 7) is 6.13. The van der Waals surface area contributed by atoms with Gasteiger partial charge in [0.15, 0.2) is 0 Å². The van der Waals surface area contributed by atoms with Gasteiger partial charge in [-0.2, -0.15) is 0 Å². The number of hydrogen-bond donors (Lipinski definition) is 2. The van der Waals surface area contributed by atoms with Gasteiger partial charge in [-0.1, -0.05) is 13.8 Å². The second kappa shape index (κ2) is 5.52. The number of aliphatic hydroxyl groups excluding tert-OH is 2. The van der Waals surface area contributed by atoms with Crippen LogP contribution in [0.3, 0.4) is 0 Å². The average molecular weight is 162 g/mol. The minimum absolute atomic E-state index is 0.233. The molecule has 0 aromatic rings. The van der Waals surface area contributed by atoms with Gasteiger partial charge in [0.25, 0.3) is 0 Å². The third-order valence-corrected chi connectivity index (χ3v) is 1.58. The van der Waals surface area contributed by atoms with Gasteiger partial charge in [-0.05, 0) is 12.8 Å². The molecule has 3 nitrogen and oxygen atoms in total. The second-order valence-corrected chi connectivity index (χ2v) is 2.91. The van der Waals surface area contributed by atoms with Crippen LogP contribution in [0.4, 0.5) is 0 Å². The Morgan fingerprint density at radius 2 is 1.91 bits per heavy atom. The van der Waals surface area contributed by atoms with Gasteiger partial charge in [-0.15, -0.1) is 0 Å². The monoisotopic (exact) mass is 162 g/mol. The molecule has 0 amide bonds. The predicted molar refractivity (Wildman–Crippen MR) is 43.3 cm³/mol. The highest BCUT2D eigenvalue weighted by Gasteiger charge is 2.21. The third kappa shape index (κ3) is 3.70. The van der Waals surface area contributed by atoms with Gasteiger partial charge < -0.3 is 14.9 Å². The molecule has 0 bridgehead atoms. The number of ether oxygens (including phenoxy) is 1. The van der Waals surface area contributed by atoms with E-state index in [2.05, 4.69) is 0 Å². The lowest BCUT2D eigenvalue weighted by atomic mass is 10.0. The van der Waals surface area contributed by atoms with Crippen molar-refractivity contribution in [1.82, 2.24) is 0 Å². The average Bonchev–Trinajstić information content (AvgIpc) is 1.98. The molecule has 0 aliphatic heterocycles. The van der Waals surface area contributed by atoms with Crippen LogP contribution in [0.2, 0.25) is 0 Å². The van der Waals surface area contributed by atoms with Crippen molar-refractivity contribution in [2.24, 2.45) is 5.92 Å². The maximum atomic E-state index is 9.24. The summed E-state index contributed by atoms with van der Waals surface area (Å²) in [5.74, 6) is 0.233. The van der Waals surface area contributed by atoms with Crippen molar-refractivity contribution in [3.63, 3.8) is 0 Å². The molecule has 0 aliphatic carbocycles. The zero-order valence-corrected chi connectivity index (χ0v) is 7.45. The quantitative estimate of drug-likeness (QED) is 0.615. The Labute approximate surface area is 68.0 Å². The van der Waals surface area contributed by atoms with Crippen molar-refractivity contribution < 1.29 is 14.9 Å². The van der Waals surface area contributed by atoms with Crippen molar-refractivity contribution in [3.8, 4) is 0 Å². The standard InChI is InChI=1S/C8H18O3/c1-4-11-8(6(2)3)7(10)5-9/h6-10H,4-5H2,1-3H3/t7-,8?/m0/s1. The van der Waals surface area contributed by atoms with Crippen LogP contribution in [0.15, 0.2) is 0 Å². The van der Waals surface area contributed by atoms with Crippen LogP contribution in [0.1, 0.15) is 20.8 Å². The highest BCUT2D eigenvalue weighted by atomic mass is 16.5. The minimum atomic E-state index is -0.755. The van der Waals surface area contributed by atoms with Gasteiger partial charge in [-0.3, -0.25) is 0 Å². The lowest BCUT2D eigenvalue weighted by Crippen LogP contribution is -2.36. The molecule has 0 aromatic heterocycles. The van der Waals surface area contributed by atoms with Crippen LogP contribution in [-0.4, -0.2) is 35.6 Å². The van der Waals surface area contributed by atoms with E-state index in [1.165, 1.54) is 0 Å². The number of aliphatic hydroxyl groups is 2. The molecule has 2 N–H and O–H groups in total.